The number of nitrogens with one attached hydrogen (secondary N) is 2. The molecule has 0 radical (unpaired) electrons. The monoisotopic (exact) mass is 316 g/mol. The number of urea groups is 1. The van der Waals surface area contributed by atoms with Gasteiger partial charge in [-0.05, 0) is 30.5 Å². The SMILES string of the molecule is O=C(NCc1ccc(-c2ccccc2)s1)NC1CCOCC1. The summed E-state index contributed by atoms with van der Waals surface area (Å²) >= 11 is 1.71. The molecular formula is C17H20N2O2S. The minimum absolute atomic E-state index is 0.0958. The molecule has 1 aliphatic heterocycles. The van der Waals surface area contributed by atoms with Crippen molar-refractivity contribution in [1.29, 1.82) is 0 Å². The summed E-state index contributed by atoms with van der Waals surface area (Å²) in [4.78, 5) is 14.3. The van der Waals surface area contributed by atoms with Crippen LogP contribution >= 0.6 is 11.3 Å². The van der Waals surface area contributed by atoms with E-state index >= 15 is 0 Å². The van der Waals surface area contributed by atoms with E-state index in [0.717, 1.165) is 30.9 Å². The second-order valence-electron chi connectivity index (χ2n) is 5.35. The van der Waals surface area contributed by atoms with E-state index in [0.29, 0.717) is 6.54 Å². The van der Waals surface area contributed by atoms with Crippen LogP contribution in [0.15, 0.2) is 42.5 Å². The zero-order valence-electron chi connectivity index (χ0n) is 12.4. The Labute approximate surface area is 134 Å². The molecule has 0 spiro atoms. The number of thiophene rings is 1. The first-order chi connectivity index (χ1) is 10.8. The first-order valence-electron chi connectivity index (χ1n) is 7.57. The van der Waals surface area contributed by atoms with Gasteiger partial charge in [-0.25, -0.2) is 4.79 Å². The van der Waals surface area contributed by atoms with Gasteiger partial charge in [-0.15, -0.1) is 11.3 Å². The van der Waals surface area contributed by atoms with Crippen LogP contribution in [0.5, 0.6) is 0 Å². The van der Waals surface area contributed by atoms with Crippen molar-refractivity contribution in [3.05, 3.63) is 47.3 Å². The van der Waals surface area contributed by atoms with Gasteiger partial charge in [0.2, 0.25) is 0 Å². The van der Waals surface area contributed by atoms with E-state index in [2.05, 4.69) is 34.9 Å². The van der Waals surface area contributed by atoms with Crippen LogP contribution in [-0.2, 0) is 11.3 Å². The fraction of sp³-hybridized carbons (Fsp3) is 0.353. The standard InChI is InChI=1S/C17H20N2O2S/c20-17(19-14-8-10-21-11-9-14)18-12-15-6-7-16(22-15)13-4-2-1-3-5-13/h1-7,14H,8-12H2,(H2,18,19,20). The molecule has 0 saturated carbocycles. The van der Waals surface area contributed by atoms with E-state index in [1.807, 2.05) is 18.2 Å². The Balaban J connectivity index is 1.49. The van der Waals surface area contributed by atoms with Crippen molar-refractivity contribution >= 4 is 17.4 Å². The van der Waals surface area contributed by atoms with Crippen molar-refractivity contribution in [2.75, 3.05) is 13.2 Å². The number of benzene rings is 1. The van der Waals surface area contributed by atoms with Crippen LogP contribution in [0.3, 0.4) is 0 Å². The molecule has 1 aliphatic rings. The van der Waals surface area contributed by atoms with E-state index in [4.69, 9.17) is 4.74 Å². The number of hydrogen-bond donors (Lipinski definition) is 2. The van der Waals surface area contributed by atoms with Crippen LogP contribution in [-0.4, -0.2) is 25.3 Å². The largest absolute Gasteiger partial charge is 0.381 e. The first-order valence-corrected chi connectivity index (χ1v) is 8.39. The van der Waals surface area contributed by atoms with Gasteiger partial charge in [0.1, 0.15) is 0 Å². The van der Waals surface area contributed by atoms with Gasteiger partial charge in [0, 0.05) is 29.0 Å². The second-order valence-corrected chi connectivity index (χ2v) is 6.51. The third-order valence-electron chi connectivity index (χ3n) is 3.70. The minimum Gasteiger partial charge on any atom is -0.381 e. The molecule has 0 unspecified atom stereocenters. The van der Waals surface area contributed by atoms with E-state index in [1.165, 1.54) is 10.4 Å². The third-order valence-corrected chi connectivity index (χ3v) is 4.83. The molecule has 116 valence electrons. The molecule has 22 heavy (non-hydrogen) atoms. The van der Waals surface area contributed by atoms with E-state index in [1.54, 1.807) is 11.3 Å². The number of hydrogen-bond acceptors (Lipinski definition) is 3. The molecule has 0 atom stereocenters. The zero-order chi connectivity index (χ0) is 15.2. The summed E-state index contributed by atoms with van der Waals surface area (Å²) in [6.45, 7) is 2.03. The third kappa shape index (κ3) is 4.08. The lowest BCUT2D eigenvalue weighted by Crippen LogP contribution is -2.44. The van der Waals surface area contributed by atoms with Gasteiger partial charge < -0.3 is 15.4 Å². The smallest absolute Gasteiger partial charge is 0.315 e. The van der Waals surface area contributed by atoms with Gasteiger partial charge in [-0.1, -0.05) is 30.3 Å². The zero-order valence-corrected chi connectivity index (χ0v) is 13.2. The number of rotatable bonds is 4. The highest BCUT2D eigenvalue weighted by molar-refractivity contribution is 7.15. The van der Waals surface area contributed by atoms with E-state index in [9.17, 15) is 4.79 Å². The van der Waals surface area contributed by atoms with Crippen LogP contribution < -0.4 is 10.6 Å². The topological polar surface area (TPSA) is 50.4 Å². The van der Waals surface area contributed by atoms with Crippen molar-refractivity contribution in [3.8, 4) is 10.4 Å². The molecule has 3 rings (SSSR count). The highest BCUT2D eigenvalue weighted by atomic mass is 32.1. The number of carbonyl (C=O) groups is 1. The molecular weight excluding hydrogens is 296 g/mol. The molecule has 1 aromatic heterocycles. The molecule has 5 heteroatoms. The van der Waals surface area contributed by atoms with Crippen molar-refractivity contribution in [1.82, 2.24) is 10.6 Å². The molecule has 4 nitrogen and oxygen atoms in total. The molecule has 1 aromatic carbocycles. The Kier molecular flexibility index (Phi) is 5.08. The molecule has 0 bridgehead atoms. The lowest BCUT2D eigenvalue weighted by atomic mass is 10.1. The average Bonchev–Trinajstić information content (AvgIpc) is 3.04. The summed E-state index contributed by atoms with van der Waals surface area (Å²) in [6, 6.07) is 14.6. The predicted octanol–water partition coefficient (Wildman–Crippen LogP) is 3.39. The maximum absolute atomic E-state index is 11.9. The van der Waals surface area contributed by atoms with Crippen LogP contribution in [0.4, 0.5) is 4.79 Å². The predicted molar refractivity (Wildman–Crippen MR) is 89.0 cm³/mol. The Morgan fingerprint density at radius 1 is 1.14 bits per heavy atom. The number of amides is 2. The highest BCUT2D eigenvalue weighted by Crippen LogP contribution is 2.27. The summed E-state index contributed by atoms with van der Waals surface area (Å²) < 4.78 is 5.29. The molecule has 2 aromatic rings. The summed E-state index contributed by atoms with van der Waals surface area (Å²) in [5.41, 5.74) is 1.21. The Morgan fingerprint density at radius 2 is 1.91 bits per heavy atom. The number of ether oxygens (including phenoxy) is 1. The van der Waals surface area contributed by atoms with Gasteiger partial charge in [-0.2, -0.15) is 0 Å². The van der Waals surface area contributed by atoms with Crippen molar-refractivity contribution < 1.29 is 9.53 Å². The molecule has 1 saturated heterocycles. The van der Waals surface area contributed by atoms with Gasteiger partial charge >= 0.3 is 6.03 Å². The van der Waals surface area contributed by atoms with Gasteiger partial charge in [0.05, 0.1) is 6.54 Å². The molecule has 2 heterocycles. The Morgan fingerprint density at radius 3 is 2.68 bits per heavy atom. The summed E-state index contributed by atoms with van der Waals surface area (Å²) in [5, 5.41) is 5.93. The minimum atomic E-state index is -0.0958. The summed E-state index contributed by atoms with van der Waals surface area (Å²) in [6.07, 6.45) is 1.79. The fourth-order valence-electron chi connectivity index (χ4n) is 2.48. The lowest BCUT2D eigenvalue weighted by molar-refractivity contribution is 0.0801. The summed E-state index contributed by atoms with van der Waals surface area (Å²) in [7, 11) is 0. The van der Waals surface area contributed by atoms with Crippen LogP contribution in [0.25, 0.3) is 10.4 Å². The molecule has 2 N–H and O–H groups in total. The maximum Gasteiger partial charge on any atom is 0.315 e. The highest BCUT2D eigenvalue weighted by Gasteiger charge is 2.15. The summed E-state index contributed by atoms with van der Waals surface area (Å²) in [5.74, 6) is 0. The quantitative estimate of drug-likeness (QED) is 0.908. The molecule has 2 amide bonds. The van der Waals surface area contributed by atoms with Crippen molar-refractivity contribution in [3.63, 3.8) is 0 Å². The Bertz CT molecular complexity index is 606. The van der Waals surface area contributed by atoms with Crippen molar-refractivity contribution in [2.45, 2.75) is 25.4 Å². The average molecular weight is 316 g/mol. The van der Waals surface area contributed by atoms with Gasteiger partial charge in [0.15, 0.2) is 0 Å². The van der Waals surface area contributed by atoms with Crippen LogP contribution in [0, 0.1) is 0 Å². The van der Waals surface area contributed by atoms with Gasteiger partial charge in [0.25, 0.3) is 0 Å². The number of carbonyl (C=O) groups excluding carboxylic acids is 1. The van der Waals surface area contributed by atoms with Crippen LogP contribution in [0.1, 0.15) is 17.7 Å². The second kappa shape index (κ2) is 7.42. The van der Waals surface area contributed by atoms with Crippen molar-refractivity contribution in [2.24, 2.45) is 0 Å². The maximum atomic E-state index is 11.9. The Hall–Kier alpha value is -1.85. The fourth-order valence-corrected chi connectivity index (χ4v) is 3.43. The first kappa shape index (κ1) is 15.1. The molecule has 0 aliphatic carbocycles. The normalized spacial score (nSPS) is 15.5. The van der Waals surface area contributed by atoms with E-state index in [-0.39, 0.29) is 12.1 Å². The van der Waals surface area contributed by atoms with Gasteiger partial charge in [-0.3, -0.25) is 0 Å². The van der Waals surface area contributed by atoms with Crippen LogP contribution in [0.2, 0.25) is 0 Å². The van der Waals surface area contributed by atoms with E-state index < -0.39 is 0 Å². The molecule has 1 fully saturated rings. The lowest BCUT2D eigenvalue weighted by Gasteiger charge is -2.23.